The van der Waals surface area contributed by atoms with Crippen LogP contribution in [0, 0.1) is 5.82 Å². The molecule has 6 heteroatoms. The summed E-state index contributed by atoms with van der Waals surface area (Å²) < 4.78 is 14.2. The molecule has 1 aromatic heterocycles. The molecule has 0 aliphatic rings. The van der Waals surface area contributed by atoms with E-state index < -0.39 is 11.7 Å². The summed E-state index contributed by atoms with van der Waals surface area (Å²) in [6, 6.07) is 6.02. The van der Waals surface area contributed by atoms with Gasteiger partial charge >= 0.3 is 0 Å². The molecule has 1 aromatic carbocycles. The number of nitrogens with one attached hydrogen (secondary N) is 2. The van der Waals surface area contributed by atoms with Gasteiger partial charge in [-0.1, -0.05) is 15.9 Å². The monoisotopic (exact) mass is 323 g/mol. The first kappa shape index (κ1) is 13.5. The zero-order valence-electron chi connectivity index (χ0n) is 10.1. The van der Waals surface area contributed by atoms with Crippen molar-refractivity contribution in [3.63, 3.8) is 0 Å². The van der Waals surface area contributed by atoms with Crippen molar-refractivity contribution >= 4 is 33.2 Å². The van der Waals surface area contributed by atoms with Gasteiger partial charge in [-0.15, -0.1) is 0 Å². The standard InChI is InChI=1S/C13H11BrFN3O/c1-16-11-4-5-17-7-9(11)13(19)18-12-6-8(14)2-3-10(12)15/h2-7H,1H3,(H,16,17)(H,18,19). The zero-order valence-corrected chi connectivity index (χ0v) is 11.7. The molecule has 2 N–H and O–H groups in total. The SMILES string of the molecule is CNc1ccncc1C(=O)Nc1cc(Br)ccc1F. The fourth-order valence-electron chi connectivity index (χ4n) is 1.58. The Hall–Kier alpha value is -1.95. The number of hydrogen-bond acceptors (Lipinski definition) is 3. The van der Waals surface area contributed by atoms with Crippen molar-refractivity contribution < 1.29 is 9.18 Å². The lowest BCUT2D eigenvalue weighted by Crippen LogP contribution is -2.15. The Kier molecular flexibility index (Phi) is 4.11. The van der Waals surface area contributed by atoms with Crippen LogP contribution < -0.4 is 10.6 Å². The average Bonchev–Trinajstić information content (AvgIpc) is 2.42. The topological polar surface area (TPSA) is 54.0 Å². The summed E-state index contributed by atoms with van der Waals surface area (Å²) in [4.78, 5) is 16.0. The normalized spacial score (nSPS) is 10.1. The average molecular weight is 324 g/mol. The van der Waals surface area contributed by atoms with E-state index in [-0.39, 0.29) is 5.69 Å². The number of benzene rings is 1. The summed E-state index contributed by atoms with van der Waals surface area (Å²) in [7, 11) is 1.70. The maximum Gasteiger partial charge on any atom is 0.259 e. The largest absolute Gasteiger partial charge is 0.387 e. The summed E-state index contributed by atoms with van der Waals surface area (Å²) in [5.41, 5.74) is 1.09. The maximum atomic E-state index is 13.6. The van der Waals surface area contributed by atoms with E-state index in [1.165, 1.54) is 18.3 Å². The Morgan fingerprint density at radius 1 is 1.32 bits per heavy atom. The molecule has 0 aliphatic heterocycles. The summed E-state index contributed by atoms with van der Waals surface area (Å²) in [6.45, 7) is 0. The molecule has 0 fully saturated rings. The number of anilines is 2. The van der Waals surface area contributed by atoms with Crippen LogP contribution in [0.4, 0.5) is 15.8 Å². The highest BCUT2D eigenvalue weighted by atomic mass is 79.9. The number of carbonyl (C=O) groups excluding carboxylic acids is 1. The van der Waals surface area contributed by atoms with Crippen LogP contribution >= 0.6 is 15.9 Å². The van der Waals surface area contributed by atoms with Gasteiger partial charge in [0, 0.05) is 29.6 Å². The van der Waals surface area contributed by atoms with Crippen molar-refractivity contribution in [2.75, 3.05) is 17.7 Å². The number of amides is 1. The van der Waals surface area contributed by atoms with Gasteiger partial charge in [-0.2, -0.15) is 0 Å². The lowest BCUT2D eigenvalue weighted by molar-refractivity contribution is 0.102. The van der Waals surface area contributed by atoms with E-state index in [0.29, 0.717) is 15.7 Å². The van der Waals surface area contributed by atoms with Gasteiger partial charge in [0.1, 0.15) is 5.82 Å². The smallest absolute Gasteiger partial charge is 0.259 e. The Balaban J connectivity index is 2.28. The van der Waals surface area contributed by atoms with E-state index in [2.05, 4.69) is 31.5 Å². The summed E-state index contributed by atoms with van der Waals surface area (Å²) in [5, 5.41) is 5.40. The van der Waals surface area contributed by atoms with E-state index in [1.807, 2.05) is 0 Å². The molecule has 4 nitrogen and oxygen atoms in total. The van der Waals surface area contributed by atoms with Crippen LogP contribution in [0.2, 0.25) is 0 Å². The highest BCUT2D eigenvalue weighted by molar-refractivity contribution is 9.10. The van der Waals surface area contributed by atoms with Gasteiger partial charge in [0.2, 0.25) is 0 Å². The lowest BCUT2D eigenvalue weighted by atomic mass is 10.2. The van der Waals surface area contributed by atoms with Crippen molar-refractivity contribution in [3.8, 4) is 0 Å². The van der Waals surface area contributed by atoms with Gasteiger partial charge in [0.15, 0.2) is 0 Å². The van der Waals surface area contributed by atoms with Crippen molar-refractivity contribution in [2.24, 2.45) is 0 Å². The van der Waals surface area contributed by atoms with Gasteiger partial charge in [-0.05, 0) is 24.3 Å². The third-order valence-corrected chi connectivity index (χ3v) is 3.00. The van der Waals surface area contributed by atoms with E-state index in [9.17, 15) is 9.18 Å². The summed E-state index contributed by atoms with van der Waals surface area (Å²) in [5.74, 6) is -0.916. The van der Waals surface area contributed by atoms with Crippen molar-refractivity contribution in [2.45, 2.75) is 0 Å². The molecule has 0 atom stereocenters. The Morgan fingerprint density at radius 2 is 2.11 bits per heavy atom. The number of carbonyl (C=O) groups is 1. The van der Waals surface area contributed by atoms with Gasteiger partial charge in [0.05, 0.1) is 11.3 Å². The fourth-order valence-corrected chi connectivity index (χ4v) is 1.94. The number of aromatic nitrogens is 1. The molecule has 1 heterocycles. The van der Waals surface area contributed by atoms with Crippen LogP contribution in [0.5, 0.6) is 0 Å². The molecule has 0 bridgehead atoms. The molecule has 1 amide bonds. The Morgan fingerprint density at radius 3 is 2.84 bits per heavy atom. The minimum atomic E-state index is -0.494. The number of halogens is 2. The molecule has 0 saturated carbocycles. The van der Waals surface area contributed by atoms with Gasteiger partial charge < -0.3 is 10.6 Å². The second kappa shape index (κ2) is 5.79. The molecule has 0 aliphatic carbocycles. The van der Waals surface area contributed by atoms with Crippen LogP contribution in [0.25, 0.3) is 0 Å². The summed E-state index contributed by atoms with van der Waals surface area (Å²) in [6.07, 6.45) is 3.00. The highest BCUT2D eigenvalue weighted by Crippen LogP contribution is 2.22. The van der Waals surface area contributed by atoms with Crippen LogP contribution in [0.15, 0.2) is 41.1 Å². The van der Waals surface area contributed by atoms with E-state index in [1.54, 1.807) is 25.4 Å². The van der Waals surface area contributed by atoms with Crippen molar-refractivity contribution in [1.82, 2.24) is 4.98 Å². The molecular formula is C13H11BrFN3O. The van der Waals surface area contributed by atoms with Crippen LogP contribution in [0.3, 0.4) is 0 Å². The maximum absolute atomic E-state index is 13.6. The van der Waals surface area contributed by atoms with Crippen molar-refractivity contribution in [1.29, 1.82) is 0 Å². The van der Waals surface area contributed by atoms with E-state index in [4.69, 9.17) is 0 Å². The molecule has 19 heavy (non-hydrogen) atoms. The molecule has 2 rings (SSSR count). The highest BCUT2D eigenvalue weighted by Gasteiger charge is 2.13. The second-order valence-electron chi connectivity index (χ2n) is 3.75. The molecule has 98 valence electrons. The second-order valence-corrected chi connectivity index (χ2v) is 4.67. The predicted molar refractivity (Wildman–Crippen MR) is 75.8 cm³/mol. The van der Waals surface area contributed by atoms with Gasteiger partial charge in [-0.3, -0.25) is 9.78 Å². The predicted octanol–water partition coefficient (Wildman–Crippen LogP) is 3.28. The minimum absolute atomic E-state index is 0.116. The molecule has 0 unspecified atom stereocenters. The molecule has 0 spiro atoms. The molecule has 0 radical (unpaired) electrons. The van der Waals surface area contributed by atoms with E-state index >= 15 is 0 Å². The quantitative estimate of drug-likeness (QED) is 0.911. The van der Waals surface area contributed by atoms with Gasteiger partial charge in [0.25, 0.3) is 5.91 Å². The Labute approximate surface area is 118 Å². The first-order valence-electron chi connectivity index (χ1n) is 5.50. The molecular weight excluding hydrogens is 313 g/mol. The Bertz CT molecular complexity index is 619. The molecule has 2 aromatic rings. The van der Waals surface area contributed by atoms with E-state index in [0.717, 1.165) is 0 Å². The first-order chi connectivity index (χ1) is 9.11. The summed E-state index contributed by atoms with van der Waals surface area (Å²) >= 11 is 3.23. The van der Waals surface area contributed by atoms with Crippen molar-refractivity contribution in [3.05, 3.63) is 52.5 Å². The lowest BCUT2D eigenvalue weighted by Gasteiger charge is -2.10. The number of rotatable bonds is 3. The van der Waals surface area contributed by atoms with Gasteiger partial charge in [-0.25, -0.2) is 4.39 Å². The third-order valence-electron chi connectivity index (χ3n) is 2.51. The fraction of sp³-hybridized carbons (Fsp3) is 0.0769. The number of pyridine rings is 1. The zero-order chi connectivity index (χ0) is 13.8. The molecule has 0 saturated heterocycles. The minimum Gasteiger partial charge on any atom is -0.387 e. The van der Waals surface area contributed by atoms with Crippen LogP contribution in [-0.4, -0.2) is 17.9 Å². The number of hydrogen-bond donors (Lipinski definition) is 2. The third kappa shape index (κ3) is 3.08. The first-order valence-corrected chi connectivity index (χ1v) is 6.29. The van der Waals surface area contributed by atoms with Crippen LogP contribution in [0.1, 0.15) is 10.4 Å². The number of nitrogens with zero attached hydrogens (tertiary/aromatic N) is 1. The van der Waals surface area contributed by atoms with Crippen LogP contribution in [-0.2, 0) is 0 Å².